The van der Waals surface area contributed by atoms with Crippen LogP contribution in [0.1, 0.15) is 60.7 Å². The number of carbonyl (C=O) groups is 2. The molecule has 3 heterocycles. The van der Waals surface area contributed by atoms with Gasteiger partial charge in [-0.3, -0.25) is 14.6 Å². The summed E-state index contributed by atoms with van der Waals surface area (Å²) in [5.41, 5.74) is 2.24. The molecule has 0 radical (unpaired) electrons. The van der Waals surface area contributed by atoms with E-state index in [9.17, 15) is 22.8 Å². The molecule has 1 saturated heterocycles. The number of halogens is 3. The van der Waals surface area contributed by atoms with Crippen LogP contribution < -0.4 is 5.32 Å². The Morgan fingerprint density at radius 3 is 2.39 bits per heavy atom. The van der Waals surface area contributed by atoms with E-state index in [0.717, 1.165) is 27.7 Å². The van der Waals surface area contributed by atoms with Crippen LogP contribution in [0.5, 0.6) is 0 Å². The summed E-state index contributed by atoms with van der Waals surface area (Å²) in [6.45, 7) is 3.41. The average Bonchev–Trinajstić information content (AvgIpc) is 3.38. The molecule has 2 aromatic carbocycles. The van der Waals surface area contributed by atoms with Gasteiger partial charge in [-0.15, -0.1) is 11.3 Å². The average molecular weight is 579 g/mol. The van der Waals surface area contributed by atoms with Gasteiger partial charge in [0.05, 0.1) is 10.6 Å². The molecule has 6 nitrogen and oxygen atoms in total. The van der Waals surface area contributed by atoms with E-state index >= 15 is 0 Å². The summed E-state index contributed by atoms with van der Waals surface area (Å²) in [4.78, 5) is 37.8. The van der Waals surface area contributed by atoms with E-state index in [2.05, 4.69) is 15.3 Å². The molecule has 212 valence electrons. The predicted octanol–water partition coefficient (Wildman–Crippen LogP) is 6.52. The highest BCUT2D eigenvalue weighted by atomic mass is 32.1. The Morgan fingerprint density at radius 2 is 1.71 bits per heavy atom. The number of alkyl halides is 3. The number of rotatable bonds is 7. The first kappa shape index (κ1) is 28.5. The molecule has 1 aliphatic heterocycles. The molecule has 1 fully saturated rings. The Labute approximate surface area is 240 Å². The zero-order valence-electron chi connectivity index (χ0n) is 22.4. The van der Waals surface area contributed by atoms with Gasteiger partial charge in [0, 0.05) is 54.3 Å². The van der Waals surface area contributed by atoms with Crippen molar-refractivity contribution < 1.29 is 22.8 Å². The Bertz CT molecular complexity index is 1510. The SMILES string of the molecule is Cc1sc(C2CCN(C(=O)c3ccccc3-c3ccc(C(F)(F)F)cc3)CC2)nc1C(=O)NCCc1ccccn1. The summed E-state index contributed by atoms with van der Waals surface area (Å²) in [5.74, 6) is -0.210. The quantitative estimate of drug-likeness (QED) is 0.271. The lowest BCUT2D eigenvalue weighted by atomic mass is 9.94. The number of amides is 2. The van der Waals surface area contributed by atoms with Crippen molar-refractivity contribution in [2.45, 2.75) is 38.3 Å². The number of hydrogen-bond acceptors (Lipinski definition) is 5. The number of piperidine rings is 1. The fourth-order valence-electron chi connectivity index (χ4n) is 5.00. The highest BCUT2D eigenvalue weighted by molar-refractivity contribution is 7.12. The lowest BCUT2D eigenvalue weighted by Crippen LogP contribution is -2.38. The van der Waals surface area contributed by atoms with Crippen molar-refractivity contribution in [1.82, 2.24) is 20.2 Å². The minimum absolute atomic E-state index is 0.142. The molecular weight excluding hydrogens is 549 g/mol. The van der Waals surface area contributed by atoms with Crippen molar-refractivity contribution in [3.8, 4) is 11.1 Å². The third kappa shape index (κ3) is 6.65. The normalized spacial score (nSPS) is 14.2. The molecule has 0 atom stereocenters. The van der Waals surface area contributed by atoms with Crippen LogP contribution in [-0.2, 0) is 12.6 Å². The van der Waals surface area contributed by atoms with Crippen LogP contribution in [0, 0.1) is 6.92 Å². The van der Waals surface area contributed by atoms with Crippen LogP contribution in [-0.4, -0.2) is 46.3 Å². The van der Waals surface area contributed by atoms with Crippen molar-refractivity contribution >= 4 is 23.2 Å². The third-order valence-corrected chi connectivity index (χ3v) is 8.37. The monoisotopic (exact) mass is 578 g/mol. The molecule has 0 spiro atoms. The Morgan fingerprint density at radius 1 is 1.00 bits per heavy atom. The van der Waals surface area contributed by atoms with E-state index in [-0.39, 0.29) is 17.7 Å². The van der Waals surface area contributed by atoms with Crippen molar-refractivity contribution in [3.05, 3.63) is 105 Å². The number of benzene rings is 2. The molecule has 1 N–H and O–H groups in total. The van der Waals surface area contributed by atoms with Crippen LogP contribution >= 0.6 is 11.3 Å². The number of nitrogens with zero attached hydrogens (tertiary/aromatic N) is 3. The maximum atomic E-state index is 13.5. The molecular formula is C31H29F3N4O2S. The van der Waals surface area contributed by atoms with Gasteiger partial charge in [0.2, 0.25) is 0 Å². The maximum absolute atomic E-state index is 13.5. The molecule has 2 aromatic heterocycles. The van der Waals surface area contributed by atoms with E-state index in [4.69, 9.17) is 0 Å². The third-order valence-electron chi connectivity index (χ3n) is 7.23. The molecule has 41 heavy (non-hydrogen) atoms. The van der Waals surface area contributed by atoms with Crippen LogP contribution in [0.4, 0.5) is 13.2 Å². The number of hydrogen-bond donors (Lipinski definition) is 1. The largest absolute Gasteiger partial charge is 0.416 e. The highest BCUT2D eigenvalue weighted by Crippen LogP contribution is 2.35. The Hall–Kier alpha value is -4.05. The summed E-state index contributed by atoms with van der Waals surface area (Å²) in [6.07, 6.45) is -0.634. The molecule has 0 unspecified atom stereocenters. The van der Waals surface area contributed by atoms with Crippen molar-refractivity contribution in [1.29, 1.82) is 0 Å². The molecule has 2 amide bonds. The number of aromatic nitrogens is 2. The fourth-order valence-corrected chi connectivity index (χ4v) is 6.08. The number of nitrogens with one attached hydrogen (secondary N) is 1. The zero-order valence-corrected chi connectivity index (χ0v) is 23.3. The summed E-state index contributed by atoms with van der Waals surface area (Å²) in [5, 5.41) is 3.83. The Balaban J connectivity index is 1.20. The van der Waals surface area contributed by atoms with Gasteiger partial charge < -0.3 is 10.2 Å². The first-order valence-corrected chi connectivity index (χ1v) is 14.2. The second-order valence-corrected chi connectivity index (χ2v) is 11.2. The van der Waals surface area contributed by atoms with E-state index in [1.54, 1.807) is 35.4 Å². The fraction of sp³-hybridized carbons (Fsp3) is 0.290. The minimum atomic E-state index is -4.42. The number of likely N-dealkylation sites (tertiary alicyclic amines) is 1. The van der Waals surface area contributed by atoms with Crippen molar-refractivity contribution in [2.75, 3.05) is 19.6 Å². The molecule has 5 rings (SSSR count). The molecule has 0 bridgehead atoms. The van der Waals surface area contributed by atoms with Crippen LogP contribution in [0.15, 0.2) is 72.9 Å². The first-order valence-electron chi connectivity index (χ1n) is 13.4. The molecule has 4 aromatic rings. The number of thiazole rings is 1. The van der Waals surface area contributed by atoms with Crippen molar-refractivity contribution in [3.63, 3.8) is 0 Å². The summed E-state index contributed by atoms with van der Waals surface area (Å²) < 4.78 is 39.0. The number of aryl methyl sites for hydroxylation is 1. The number of carbonyl (C=O) groups excluding carboxylic acids is 2. The summed E-state index contributed by atoms with van der Waals surface area (Å²) in [6, 6.07) is 17.6. The van der Waals surface area contributed by atoms with E-state index in [1.807, 2.05) is 25.1 Å². The van der Waals surface area contributed by atoms with Gasteiger partial charge in [0.15, 0.2) is 0 Å². The topological polar surface area (TPSA) is 75.2 Å². The summed E-state index contributed by atoms with van der Waals surface area (Å²) >= 11 is 1.52. The van der Waals surface area contributed by atoms with Crippen molar-refractivity contribution in [2.24, 2.45) is 0 Å². The molecule has 10 heteroatoms. The first-order chi connectivity index (χ1) is 19.7. The minimum Gasteiger partial charge on any atom is -0.350 e. The lowest BCUT2D eigenvalue weighted by molar-refractivity contribution is -0.137. The second-order valence-electron chi connectivity index (χ2n) is 9.97. The highest BCUT2D eigenvalue weighted by Gasteiger charge is 2.31. The summed E-state index contributed by atoms with van der Waals surface area (Å²) in [7, 11) is 0. The van der Waals surface area contributed by atoms with Gasteiger partial charge in [-0.05, 0) is 61.2 Å². The molecule has 1 aliphatic rings. The Kier molecular flexibility index (Phi) is 8.49. The van der Waals surface area contributed by atoms with Crippen LogP contribution in [0.25, 0.3) is 11.1 Å². The maximum Gasteiger partial charge on any atom is 0.416 e. The second kappa shape index (κ2) is 12.2. The van der Waals surface area contributed by atoms with Crippen LogP contribution in [0.2, 0.25) is 0 Å². The van der Waals surface area contributed by atoms with Gasteiger partial charge in [0.25, 0.3) is 11.8 Å². The molecule has 0 aliphatic carbocycles. The zero-order chi connectivity index (χ0) is 29.0. The number of pyridine rings is 1. The van der Waals surface area contributed by atoms with E-state index in [1.165, 1.54) is 23.5 Å². The van der Waals surface area contributed by atoms with E-state index < -0.39 is 11.7 Å². The van der Waals surface area contributed by atoms with Gasteiger partial charge in [-0.25, -0.2) is 4.98 Å². The predicted molar refractivity (Wildman–Crippen MR) is 152 cm³/mol. The van der Waals surface area contributed by atoms with Gasteiger partial charge in [0.1, 0.15) is 5.69 Å². The van der Waals surface area contributed by atoms with Gasteiger partial charge in [-0.2, -0.15) is 13.2 Å². The van der Waals surface area contributed by atoms with E-state index in [0.29, 0.717) is 61.3 Å². The smallest absolute Gasteiger partial charge is 0.350 e. The lowest BCUT2D eigenvalue weighted by Gasteiger charge is -2.31. The van der Waals surface area contributed by atoms with Gasteiger partial charge >= 0.3 is 6.18 Å². The standard InChI is InChI=1S/C31H29F3N4O2S/c1-20-27(28(39)36-17-13-24-6-4-5-16-35-24)37-29(41-20)22-14-18-38(19-15-22)30(40)26-8-3-2-7-25(26)21-9-11-23(12-10-21)31(32,33)34/h2-12,16,22H,13-15,17-19H2,1H3,(H,36,39). The van der Waals surface area contributed by atoms with Crippen LogP contribution in [0.3, 0.4) is 0 Å². The molecule has 0 saturated carbocycles. The van der Waals surface area contributed by atoms with Gasteiger partial charge in [-0.1, -0.05) is 36.4 Å².